The summed E-state index contributed by atoms with van der Waals surface area (Å²) in [6, 6.07) is 1.85. The van der Waals surface area contributed by atoms with Crippen molar-refractivity contribution >= 4 is 23.0 Å². The van der Waals surface area contributed by atoms with Gasteiger partial charge in [-0.15, -0.1) is 0 Å². The van der Waals surface area contributed by atoms with E-state index >= 15 is 0 Å². The lowest BCUT2D eigenvalue weighted by Gasteiger charge is -2.08. The zero-order valence-electron chi connectivity index (χ0n) is 10.3. The van der Waals surface area contributed by atoms with E-state index in [-0.39, 0.29) is 4.87 Å². The van der Waals surface area contributed by atoms with E-state index in [2.05, 4.69) is 25.6 Å². The Hall–Kier alpha value is -1.89. The summed E-state index contributed by atoms with van der Waals surface area (Å²) in [7, 11) is 0. The highest BCUT2D eigenvalue weighted by Gasteiger charge is 2.02. The summed E-state index contributed by atoms with van der Waals surface area (Å²) in [6.45, 7) is 5.22. The molecule has 3 N–H and O–H groups in total. The van der Waals surface area contributed by atoms with Crippen LogP contribution in [0.3, 0.4) is 0 Å². The summed E-state index contributed by atoms with van der Waals surface area (Å²) in [6.07, 6.45) is 0. The van der Waals surface area contributed by atoms with E-state index < -0.39 is 0 Å². The fourth-order valence-electron chi connectivity index (χ4n) is 1.52. The van der Waals surface area contributed by atoms with Crippen molar-refractivity contribution in [3.8, 4) is 0 Å². The van der Waals surface area contributed by atoms with Gasteiger partial charge in [-0.25, -0.2) is 9.97 Å². The fraction of sp³-hybridized carbons (Fsp3) is 0.364. The third-order valence-electron chi connectivity index (χ3n) is 2.23. The number of thiazole rings is 1. The molecule has 0 unspecified atom stereocenters. The first-order valence-electron chi connectivity index (χ1n) is 5.67. The van der Waals surface area contributed by atoms with Gasteiger partial charge >= 0.3 is 4.87 Å². The minimum Gasteiger partial charge on any atom is -0.370 e. The largest absolute Gasteiger partial charge is 0.370 e. The van der Waals surface area contributed by atoms with Crippen molar-refractivity contribution in [2.75, 3.05) is 17.2 Å². The van der Waals surface area contributed by atoms with E-state index in [1.54, 1.807) is 5.38 Å². The Morgan fingerprint density at radius 2 is 2.06 bits per heavy atom. The van der Waals surface area contributed by atoms with Gasteiger partial charge in [-0.3, -0.25) is 4.79 Å². The molecule has 7 heteroatoms. The number of hydrogen-bond donors (Lipinski definition) is 3. The van der Waals surface area contributed by atoms with Crippen molar-refractivity contribution in [2.45, 2.75) is 20.4 Å². The van der Waals surface area contributed by atoms with Crippen LogP contribution in [0.1, 0.15) is 18.4 Å². The number of anilines is 2. The van der Waals surface area contributed by atoms with Crippen molar-refractivity contribution < 1.29 is 0 Å². The molecule has 18 heavy (non-hydrogen) atoms. The zero-order valence-corrected chi connectivity index (χ0v) is 11.1. The fourth-order valence-corrected chi connectivity index (χ4v) is 2.10. The van der Waals surface area contributed by atoms with Gasteiger partial charge in [-0.05, 0) is 13.8 Å². The highest BCUT2D eigenvalue weighted by molar-refractivity contribution is 7.07. The summed E-state index contributed by atoms with van der Waals surface area (Å²) in [5.74, 6) is 2.24. The summed E-state index contributed by atoms with van der Waals surface area (Å²) < 4.78 is 0. The monoisotopic (exact) mass is 265 g/mol. The molecule has 2 rings (SSSR count). The van der Waals surface area contributed by atoms with Crippen LogP contribution < -0.4 is 15.5 Å². The quantitative estimate of drug-likeness (QED) is 0.764. The molecule has 0 aliphatic rings. The van der Waals surface area contributed by atoms with Crippen molar-refractivity contribution in [3.63, 3.8) is 0 Å². The lowest BCUT2D eigenvalue weighted by atomic mass is 10.4. The maximum atomic E-state index is 11.0. The van der Waals surface area contributed by atoms with Gasteiger partial charge in [0, 0.05) is 23.7 Å². The molecule has 0 atom stereocenters. The van der Waals surface area contributed by atoms with Crippen LogP contribution in [0.2, 0.25) is 0 Å². The van der Waals surface area contributed by atoms with Crippen molar-refractivity contribution in [1.29, 1.82) is 0 Å². The van der Waals surface area contributed by atoms with E-state index in [1.807, 2.05) is 19.9 Å². The molecule has 2 aromatic rings. The molecule has 0 aliphatic carbocycles. The van der Waals surface area contributed by atoms with Gasteiger partial charge < -0.3 is 15.6 Å². The van der Waals surface area contributed by atoms with E-state index in [0.29, 0.717) is 12.4 Å². The maximum Gasteiger partial charge on any atom is 0.304 e. The predicted octanol–water partition coefficient (Wildman–Crippen LogP) is 1.58. The highest BCUT2D eigenvalue weighted by atomic mass is 32.1. The molecule has 0 aromatic carbocycles. The van der Waals surface area contributed by atoms with E-state index in [0.717, 1.165) is 35.2 Å². The molecule has 0 radical (unpaired) electrons. The molecule has 96 valence electrons. The molecule has 0 aliphatic heterocycles. The van der Waals surface area contributed by atoms with Gasteiger partial charge in [0.15, 0.2) is 0 Å². The molecule has 0 bridgehead atoms. The first-order valence-corrected chi connectivity index (χ1v) is 6.55. The predicted molar refractivity (Wildman–Crippen MR) is 73.2 cm³/mol. The third-order valence-corrected chi connectivity index (χ3v) is 2.95. The van der Waals surface area contributed by atoms with E-state index in [4.69, 9.17) is 0 Å². The van der Waals surface area contributed by atoms with Crippen molar-refractivity contribution in [1.82, 2.24) is 15.0 Å². The number of aryl methyl sites for hydroxylation is 1. The van der Waals surface area contributed by atoms with Gasteiger partial charge in [0.2, 0.25) is 0 Å². The van der Waals surface area contributed by atoms with Crippen LogP contribution in [0.25, 0.3) is 0 Å². The van der Waals surface area contributed by atoms with Crippen molar-refractivity contribution in [3.05, 3.63) is 32.6 Å². The Morgan fingerprint density at radius 3 is 2.67 bits per heavy atom. The Bertz CT molecular complexity index is 577. The third kappa shape index (κ3) is 3.30. The summed E-state index contributed by atoms with van der Waals surface area (Å²) in [5, 5.41) is 8.10. The van der Waals surface area contributed by atoms with Gasteiger partial charge in [-0.2, -0.15) is 0 Å². The number of hydrogen-bond acceptors (Lipinski definition) is 6. The molecule has 0 saturated carbocycles. The molecule has 0 spiro atoms. The molecular formula is C11H15N5OS. The Balaban J connectivity index is 2.06. The lowest BCUT2D eigenvalue weighted by molar-refractivity contribution is 0.994. The smallest absolute Gasteiger partial charge is 0.304 e. The van der Waals surface area contributed by atoms with Crippen LogP contribution in [0.4, 0.5) is 11.6 Å². The van der Waals surface area contributed by atoms with Gasteiger partial charge in [0.25, 0.3) is 0 Å². The second kappa shape index (κ2) is 5.63. The number of rotatable bonds is 5. The Morgan fingerprint density at radius 1 is 1.33 bits per heavy atom. The molecule has 0 fully saturated rings. The van der Waals surface area contributed by atoms with Crippen LogP contribution >= 0.6 is 11.3 Å². The first-order chi connectivity index (χ1) is 8.67. The maximum absolute atomic E-state index is 11.0. The van der Waals surface area contributed by atoms with E-state index in [9.17, 15) is 4.79 Å². The Kier molecular flexibility index (Phi) is 3.93. The van der Waals surface area contributed by atoms with Crippen LogP contribution in [0.5, 0.6) is 0 Å². The highest BCUT2D eigenvalue weighted by Crippen LogP contribution is 2.11. The van der Waals surface area contributed by atoms with Crippen LogP contribution in [0.15, 0.2) is 16.2 Å². The summed E-state index contributed by atoms with van der Waals surface area (Å²) in [4.78, 5) is 22.2. The molecule has 2 heterocycles. The first kappa shape index (κ1) is 12.6. The second-order valence-electron chi connectivity index (χ2n) is 3.74. The minimum absolute atomic E-state index is 0.0426. The molecule has 0 saturated heterocycles. The number of H-pyrrole nitrogens is 1. The second-order valence-corrected chi connectivity index (χ2v) is 4.59. The summed E-state index contributed by atoms with van der Waals surface area (Å²) >= 11 is 1.16. The average Bonchev–Trinajstić information content (AvgIpc) is 2.72. The standard InChI is InChI=1S/C11H15N5OS/c1-3-12-9-4-10(15-7(2)14-9)13-5-8-6-18-11(17)16-8/h4,6H,3,5H2,1-2H3,(H,16,17)(H2,12,13,14,15). The van der Waals surface area contributed by atoms with Crippen LogP contribution in [-0.4, -0.2) is 21.5 Å². The molecule has 6 nitrogen and oxygen atoms in total. The zero-order chi connectivity index (χ0) is 13.0. The number of aromatic amines is 1. The minimum atomic E-state index is -0.0426. The topological polar surface area (TPSA) is 82.7 Å². The van der Waals surface area contributed by atoms with Crippen LogP contribution in [-0.2, 0) is 6.54 Å². The average molecular weight is 265 g/mol. The Labute approximate surface area is 109 Å². The van der Waals surface area contributed by atoms with Gasteiger partial charge in [0.1, 0.15) is 17.5 Å². The number of nitrogens with zero attached hydrogens (tertiary/aromatic N) is 2. The molecule has 2 aromatic heterocycles. The normalized spacial score (nSPS) is 10.3. The van der Waals surface area contributed by atoms with Gasteiger partial charge in [0.05, 0.1) is 6.54 Å². The lowest BCUT2D eigenvalue weighted by Crippen LogP contribution is -2.07. The SMILES string of the molecule is CCNc1cc(NCc2csc(=O)[nH]2)nc(C)n1. The summed E-state index contributed by atoms with van der Waals surface area (Å²) in [5.41, 5.74) is 0.853. The molecule has 0 amide bonds. The van der Waals surface area contributed by atoms with E-state index in [1.165, 1.54) is 0 Å². The van der Waals surface area contributed by atoms with Crippen molar-refractivity contribution in [2.24, 2.45) is 0 Å². The van der Waals surface area contributed by atoms with Gasteiger partial charge in [-0.1, -0.05) is 11.3 Å². The molecular weight excluding hydrogens is 250 g/mol. The number of nitrogens with one attached hydrogen (secondary N) is 3. The van der Waals surface area contributed by atoms with Crippen LogP contribution in [0, 0.1) is 6.92 Å². The number of aromatic nitrogens is 3.